The molecule has 0 radical (unpaired) electrons. The van der Waals surface area contributed by atoms with Crippen molar-refractivity contribution < 1.29 is 9.53 Å². The molecule has 1 amide bonds. The summed E-state index contributed by atoms with van der Waals surface area (Å²) in [5, 5.41) is 0. The van der Waals surface area contributed by atoms with Gasteiger partial charge in [0, 0.05) is 12.7 Å². The van der Waals surface area contributed by atoms with Crippen molar-refractivity contribution in [3.8, 4) is 0 Å². The molecule has 2 rings (SSSR count). The maximum atomic E-state index is 12.4. The highest BCUT2D eigenvalue weighted by Gasteiger charge is 2.31. The van der Waals surface area contributed by atoms with Crippen molar-refractivity contribution in [1.29, 1.82) is 0 Å². The molecule has 1 fully saturated rings. The molecule has 1 N–H and O–H groups in total. The Morgan fingerprint density at radius 3 is 2.76 bits per heavy atom. The van der Waals surface area contributed by atoms with Crippen molar-refractivity contribution in [3.63, 3.8) is 0 Å². The van der Waals surface area contributed by atoms with Crippen molar-refractivity contribution >= 4 is 18.3 Å². The molecular weight excluding hydrogens is 284 g/mol. The van der Waals surface area contributed by atoms with E-state index in [2.05, 4.69) is 11.1 Å². The zero-order valence-corrected chi connectivity index (χ0v) is 14.0. The topological polar surface area (TPSA) is 45.3 Å². The molecule has 21 heavy (non-hydrogen) atoms. The van der Waals surface area contributed by atoms with E-state index < -0.39 is 5.60 Å². The number of aromatic nitrogens is 1. The average molecular weight is 308 g/mol. The molecule has 0 saturated carbocycles. The van der Waals surface area contributed by atoms with Crippen LogP contribution in [0.4, 0.5) is 4.79 Å². The number of amides is 1. The van der Waals surface area contributed by atoms with Crippen LogP contribution in [0.5, 0.6) is 0 Å². The molecule has 1 aliphatic rings. The third kappa shape index (κ3) is 4.06. The van der Waals surface area contributed by atoms with Gasteiger partial charge in [-0.15, -0.1) is 0 Å². The zero-order valence-electron chi connectivity index (χ0n) is 13.2. The van der Waals surface area contributed by atoms with Gasteiger partial charge in [-0.1, -0.05) is 12.2 Å². The summed E-state index contributed by atoms with van der Waals surface area (Å²) >= 11 is 5.21. The highest BCUT2D eigenvalue weighted by atomic mass is 32.1. The van der Waals surface area contributed by atoms with Gasteiger partial charge in [0.25, 0.3) is 0 Å². The maximum Gasteiger partial charge on any atom is 0.410 e. The summed E-state index contributed by atoms with van der Waals surface area (Å²) in [4.78, 5) is 17.4. The molecule has 1 atom stereocenters. The molecule has 2 heterocycles. The SMILES string of the molecule is Cc1cc([C@@H]2CCCCN2C(=O)OC(C)(C)C)c[nH]c1=S. The van der Waals surface area contributed by atoms with Gasteiger partial charge in [0.15, 0.2) is 0 Å². The maximum absolute atomic E-state index is 12.4. The smallest absolute Gasteiger partial charge is 0.410 e. The lowest BCUT2D eigenvalue weighted by Gasteiger charge is -2.37. The number of carbonyl (C=O) groups is 1. The van der Waals surface area contributed by atoms with E-state index in [0.29, 0.717) is 0 Å². The van der Waals surface area contributed by atoms with Crippen LogP contribution in [0.2, 0.25) is 0 Å². The lowest BCUT2D eigenvalue weighted by molar-refractivity contribution is 0.00947. The first kappa shape index (κ1) is 16.0. The first-order valence-corrected chi connectivity index (χ1v) is 7.87. The normalized spacial score (nSPS) is 19.4. The Kier molecular flexibility index (Phi) is 4.71. The molecule has 5 heteroatoms. The van der Waals surface area contributed by atoms with Crippen LogP contribution in [0.3, 0.4) is 0 Å². The van der Waals surface area contributed by atoms with Crippen molar-refractivity contribution in [2.45, 2.75) is 58.6 Å². The summed E-state index contributed by atoms with van der Waals surface area (Å²) in [5.41, 5.74) is 1.68. The monoisotopic (exact) mass is 308 g/mol. The molecule has 1 aromatic rings. The molecular formula is C16H24N2O2S. The number of likely N-dealkylation sites (tertiary alicyclic amines) is 1. The van der Waals surface area contributed by atoms with Gasteiger partial charge >= 0.3 is 6.09 Å². The van der Waals surface area contributed by atoms with Crippen molar-refractivity contribution in [3.05, 3.63) is 28.0 Å². The van der Waals surface area contributed by atoms with Crippen LogP contribution in [-0.4, -0.2) is 28.1 Å². The van der Waals surface area contributed by atoms with Crippen molar-refractivity contribution in [1.82, 2.24) is 9.88 Å². The Hall–Kier alpha value is -1.36. The van der Waals surface area contributed by atoms with Gasteiger partial charge < -0.3 is 14.6 Å². The fourth-order valence-corrected chi connectivity index (χ4v) is 2.75. The van der Waals surface area contributed by atoms with Gasteiger partial charge in [-0.05, 0) is 64.2 Å². The Morgan fingerprint density at radius 1 is 1.43 bits per heavy atom. The number of rotatable bonds is 1. The lowest BCUT2D eigenvalue weighted by Crippen LogP contribution is -2.41. The van der Waals surface area contributed by atoms with Crippen molar-refractivity contribution in [2.24, 2.45) is 0 Å². The fourth-order valence-electron chi connectivity index (χ4n) is 2.63. The summed E-state index contributed by atoms with van der Waals surface area (Å²) in [6.45, 7) is 8.42. The lowest BCUT2D eigenvalue weighted by atomic mass is 9.96. The molecule has 1 saturated heterocycles. The Morgan fingerprint density at radius 2 is 2.14 bits per heavy atom. The first-order valence-electron chi connectivity index (χ1n) is 7.47. The average Bonchev–Trinajstić information content (AvgIpc) is 2.40. The number of ether oxygens (including phenoxy) is 1. The number of aromatic amines is 1. The predicted molar refractivity (Wildman–Crippen MR) is 85.9 cm³/mol. The van der Waals surface area contributed by atoms with Gasteiger partial charge in [-0.2, -0.15) is 0 Å². The Bertz CT molecular complexity index is 574. The van der Waals surface area contributed by atoms with E-state index in [4.69, 9.17) is 17.0 Å². The second-order valence-electron chi connectivity index (χ2n) is 6.63. The molecule has 1 aliphatic heterocycles. The Balaban J connectivity index is 2.24. The van der Waals surface area contributed by atoms with E-state index >= 15 is 0 Å². The van der Waals surface area contributed by atoms with Gasteiger partial charge in [-0.25, -0.2) is 4.79 Å². The number of hydrogen-bond donors (Lipinski definition) is 1. The van der Waals surface area contributed by atoms with Gasteiger partial charge in [-0.3, -0.25) is 0 Å². The van der Waals surface area contributed by atoms with E-state index in [-0.39, 0.29) is 12.1 Å². The van der Waals surface area contributed by atoms with Gasteiger partial charge in [0.2, 0.25) is 0 Å². The molecule has 1 aromatic heterocycles. The number of pyridine rings is 1. The third-order valence-corrected chi connectivity index (χ3v) is 4.07. The van der Waals surface area contributed by atoms with Crippen LogP contribution >= 0.6 is 12.2 Å². The van der Waals surface area contributed by atoms with E-state index in [1.54, 1.807) is 0 Å². The number of piperidine rings is 1. The summed E-state index contributed by atoms with van der Waals surface area (Å²) in [7, 11) is 0. The number of aryl methyl sites for hydroxylation is 1. The highest BCUT2D eigenvalue weighted by molar-refractivity contribution is 7.71. The Labute approximate surface area is 131 Å². The quantitative estimate of drug-likeness (QED) is 0.776. The molecule has 0 aromatic carbocycles. The number of carbonyl (C=O) groups excluding carboxylic acids is 1. The van der Waals surface area contributed by atoms with Crippen LogP contribution < -0.4 is 0 Å². The minimum atomic E-state index is -0.467. The molecule has 0 bridgehead atoms. The van der Waals surface area contributed by atoms with E-state index in [1.165, 1.54) is 0 Å². The molecule has 0 aliphatic carbocycles. The van der Waals surface area contributed by atoms with Crippen LogP contribution in [0.25, 0.3) is 0 Å². The fraction of sp³-hybridized carbons (Fsp3) is 0.625. The second-order valence-corrected chi connectivity index (χ2v) is 7.04. The zero-order chi connectivity index (χ0) is 15.6. The number of nitrogens with zero attached hydrogens (tertiary/aromatic N) is 1. The van der Waals surface area contributed by atoms with E-state index in [0.717, 1.165) is 41.6 Å². The minimum Gasteiger partial charge on any atom is -0.444 e. The standard InChI is InChI=1S/C16H24N2O2S/c1-11-9-12(10-17-14(11)21)13-7-5-6-8-18(13)15(19)20-16(2,3)4/h9-10,13H,5-8H2,1-4H3,(H,17,21)/t13-/m0/s1. The van der Waals surface area contributed by atoms with E-state index in [9.17, 15) is 4.79 Å². The van der Waals surface area contributed by atoms with Crippen LogP contribution in [-0.2, 0) is 4.74 Å². The summed E-state index contributed by atoms with van der Waals surface area (Å²) < 4.78 is 6.29. The van der Waals surface area contributed by atoms with E-state index in [1.807, 2.05) is 38.8 Å². The van der Waals surface area contributed by atoms with Gasteiger partial charge in [0.1, 0.15) is 10.2 Å². The number of hydrogen-bond acceptors (Lipinski definition) is 3. The summed E-state index contributed by atoms with van der Waals surface area (Å²) in [6.07, 6.45) is 4.80. The number of nitrogens with one attached hydrogen (secondary N) is 1. The third-order valence-electron chi connectivity index (χ3n) is 3.63. The van der Waals surface area contributed by atoms with Crippen LogP contribution in [0, 0.1) is 11.6 Å². The minimum absolute atomic E-state index is 0.0687. The first-order chi connectivity index (χ1) is 9.78. The van der Waals surface area contributed by atoms with Gasteiger partial charge in [0.05, 0.1) is 6.04 Å². The second kappa shape index (κ2) is 6.18. The molecule has 116 valence electrons. The molecule has 0 spiro atoms. The van der Waals surface area contributed by atoms with Crippen molar-refractivity contribution in [2.75, 3.05) is 6.54 Å². The van der Waals surface area contributed by atoms with Crippen LogP contribution in [0.15, 0.2) is 12.3 Å². The van der Waals surface area contributed by atoms with Crippen LogP contribution in [0.1, 0.15) is 57.2 Å². The molecule has 0 unspecified atom stereocenters. The predicted octanol–water partition coefficient (Wildman–Crippen LogP) is 4.51. The summed E-state index contributed by atoms with van der Waals surface area (Å²) in [5.74, 6) is 0. The number of H-pyrrole nitrogens is 1. The highest BCUT2D eigenvalue weighted by Crippen LogP contribution is 2.32. The summed E-state index contributed by atoms with van der Waals surface area (Å²) in [6, 6.07) is 2.14. The largest absolute Gasteiger partial charge is 0.444 e. The molecule has 4 nitrogen and oxygen atoms in total.